The molecule has 9 atom stereocenters. The highest BCUT2D eigenvalue weighted by atomic mass is 32.2. The smallest absolute Gasteiger partial charge is 0.316 e. The molecular weight excluding hydrogens is 446 g/mol. The Morgan fingerprint density at radius 3 is 2.74 bits per heavy atom. The highest BCUT2D eigenvalue weighted by molar-refractivity contribution is 7.99. The van der Waals surface area contributed by atoms with E-state index < -0.39 is 23.0 Å². The summed E-state index contributed by atoms with van der Waals surface area (Å²) in [6.45, 7) is 14.8. The lowest BCUT2D eigenvalue weighted by Gasteiger charge is -2.61. The normalized spacial score (nSPS) is 46.8. The van der Waals surface area contributed by atoms with Crippen LogP contribution in [0.4, 0.5) is 0 Å². The molecule has 3 saturated carbocycles. The zero-order chi connectivity index (χ0) is 24.7. The molecule has 0 aromatic rings. The summed E-state index contributed by atoms with van der Waals surface area (Å²) in [6, 6.07) is 0. The molecule has 0 radical (unpaired) electrons. The Balaban J connectivity index is 1.59. The number of aliphatic hydroxyl groups excluding tert-OH is 1. The number of piperidine rings is 1. The van der Waals surface area contributed by atoms with Gasteiger partial charge in [-0.2, -0.15) is 0 Å². The van der Waals surface area contributed by atoms with Crippen molar-refractivity contribution in [1.29, 1.82) is 0 Å². The number of aliphatic hydroxyl groups is 1. The van der Waals surface area contributed by atoms with E-state index in [0.29, 0.717) is 30.3 Å². The molecule has 0 aromatic heterocycles. The molecule has 2 N–H and O–H groups in total. The first-order valence-corrected chi connectivity index (χ1v) is 14.6. The molecule has 5 nitrogen and oxygen atoms in total. The van der Waals surface area contributed by atoms with Crippen LogP contribution in [0, 0.1) is 39.9 Å². The van der Waals surface area contributed by atoms with E-state index in [0.717, 1.165) is 38.1 Å². The fourth-order valence-corrected chi connectivity index (χ4v) is 9.04. The molecule has 2 unspecified atom stereocenters. The van der Waals surface area contributed by atoms with Gasteiger partial charge in [-0.25, -0.2) is 0 Å². The van der Waals surface area contributed by atoms with E-state index in [1.165, 1.54) is 12.8 Å². The van der Waals surface area contributed by atoms with Gasteiger partial charge in [0.2, 0.25) is 0 Å². The number of carbonyl (C=O) groups is 2. The van der Waals surface area contributed by atoms with E-state index in [2.05, 4.69) is 32.7 Å². The minimum Gasteiger partial charge on any atom is -0.461 e. The molecule has 4 fully saturated rings. The molecule has 34 heavy (non-hydrogen) atoms. The van der Waals surface area contributed by atoms with Gasteiger partial charge in [0, 0.05) is 23.2 Å². The van der Waals surface area contributed by atoms with Crippen LogP contribution in [0.1, 0.15) is 72.6 Å². The van der Waals surface area contributed by atoms with Gasteiger partial charge in [0.05, 0.1) is 11.9 Å². The molecule has 192 valence electrons. The van der Waals surface area contributed by atoms with Gasteiger partial charge in [-0.15, -0.1) is 18.3 Å². The molecule has 0 aromatic carbocycles. The Morgan fingerprint density at radius 1 is 1.29 bits per heavy atom. The zero-order valence-electron chi connectivity index (χ0n) is 21.6. The van der Waals surface area contributed by atoms with E-state index in [1.807, 2.05) is 13.0 Å². The minimum atomic E-state index is -0.620. The minimum absolute atomic E-state index is 0.00455. The Kier molecular flexibility index (Phi) is 7.63. The van der Waals surface area contributed by atoms with Crippen molar-refractivity contribution >= 4 is 23.5 Å². The highest BCUT2D eigenvalue weighted by Crippen LogP contribution is 2.68. The summed E-state index contributed by atoms with van der Waals surface area (Å²) < 4.78 is 6.32. The predicted octanol–water partition coefficient (Wildman–Crippen LogP) is 4.63. The molecule has 2 bridgehead atoms. The van der Waals surface area contributed by atoms with Crippen LogP contribution in [0.25, 0.3) is 0 Å². The van der Waals surface area contributed by atoms with E-state index in [-0.39, 0.29) is 29.1 Å². The van der Waals surface area contributed by atoms with Gasteiger partial charge in [-0.3, -0.25) is 9.59 Å². The van der Waals surface area contributed by atoms with Gasteiger partial charge >= 0.3 is 5.97 Å². The van der Waals surface area contributed by atoms with Gasteiger partial charge in [0.15, 0.2) is 0 Å². The second-order valence-corrected chi connectivity index (χ2v) is 13.3. The summed E-state index contributed by atoms with van der Waals surface area (Å²) in [7, 11) is 0. The fraction of sp³-hybridized carbons (Fsp3) is 0.857. The number of nitrogens with one attached hydrogen (secondary N) is 1. The standard InChI is InChI=1S/C28H45NO4S/c1-6-26(4)14-22(33-23(31)17-34-16-20-8-7-13-29-15-20)27(5)18(2)9-11-28(19(3)25(26)32)12-10-21(30)24(27)28/h6,18-20,22,24-25,29,32H,1,7-17H2,2-5H3/t18-,19+,20?,22-,24?,25+,26-,27+,28+/m1/s1. The zero-order valence-corrected chi connectivity index (χ0v) is 22.4. The van der Waals surface area contributed by atoms with Crippen LogP contribution in [0.3, 0.4) is 0 Å². The van der Waals surface area contributed by atoms with E-state index >= 15 is 0 Å². The number of carbonyl (C=O) groups excluding carboxylic acids is 2. The van der Waals surface area contributed by atoms with Crippen LogP contribution in [-0.2, 0) is 14.3 Å². The first-order valence-electron chi connectivity index (χ1n) is 13.4. The Bertz CT molecular complexity index is 797. The number of rotatable bonds is 6. The van der Waals surface area contributed by atoms with E-state index in [9.17, 15) is 14.7 Å². The molecular formula is C28H45NO4S. The highest BCUT2D eigenvalue weighted by Gasteiger charge is 2.68. The van der Waals surface area contributed by atoms with Crippen molar-refractivity contribution < 1.29 is 19.4 Å². The first kappa shape index (κ1) is 26.2. The summed E-state index contributed by atoms with van der Waals surface area (Å²) in [5, 5.41) is 15.0. The summed E-state index contributed by atoms with van der Waals surface area (Å²) in [5.41, 5.74) is -1.23. The molecule has 0 amide bonds. The third-order valence-corrected chi connectivity index (χ3v) is 11.7. The summed E-state index contributed by atoms with van der Waals surface area (Å²) in [5.74, 6) is 2.12. The number of hydrogen-bond donors (Lipinski definition) is 2. The first-order chi connectivity index (χ1) is 16.1. The van der Waals surface area contributed by atoms with Gasteiger partial charge in [0.25, 0.3) is 0 Å². The van der Waals surface area contributed by atoms with Gasteiger partial charge < -0.3 is 15.2 Å². The Morgan fingerprint density at radius 2 is 2.06 bits per heavy atom. The predicted molar refractivity (Wildman–Crippen MR) is 138 cm³/mol. The van der Waals surface area contributed by atoms with Crippen LogP contribution >= 0.6 is 11.8 Å². The molecule has 1 saturated heterocycles. The van der Waals surface area contributed by atoms with Crippen LogP contribution in [0.15, 0.2) is 12.7 Å². The van der Waals surface area contributed by atoms with Crippen LogP contribution in [0.2, 0.25) is 0 Å². The van der Waals surface area contributed by atoms with Gasteiger partial charge in [-0.05, 0) is 80.5 Å². The second kappa shape index (κ2) is 9.89. The number of hydrogen-bond acceptors (Lipinski definition) is 6. The lowest BCUT2D eigenvalue weighted by molar-refractivity contribution is -0.205. The molecule has 0 spiro atoms. The van der Waals surface area contributed by atoms with E-state index in [1.54, 1.807) is 11.8 Å². The fourth-order valence-electron chi connectivity index (χ4n) is 8.07. The molecule has 3 aliphatic carbocycles. The number of Topliss-reactive ketones (excluding diaryl/α,β-unsaturated/α-hetero) is 1. The van der Waals surface area contributed by atoms with Crippen molar-refractivity contribution in [3.05, 3.63) is 12.7 Å². The van der Waals surface area contributed by atoms with Crippen molar-refractivity contribution in [2.45, 2.75) is 84.8 Å². The third-order valence-electron chi connectivity index (χ3n) is 10.5. The van der Waals surface area contributed by atoms with Crippen molar-refractivity contribution in [3.8, 4) is 0 Å². The molecule has 4 rings (SSSR count). The van der Waals surface area contributed by atoms with E-state index in [4.69, 9.17) is 4.74 Å². The van der Waals surface area contributed by atoms with Crippen LogP contribution in [-0.4, -0.2) is 53.7 Å². The van der Waals surface area contributed by atoms with Crippen molar-refractivity contribution in [1.82, 2.24) is 5.32 Å². The largest absolute Gasteiger partial charge is 0.461 e. The number of esters is 1. The number of thioether (sulfide) groups is 1. The second-order valence-electron chi connectivity index (χ2n) is 12.3. The third kappa shape index (κ3) is 4.30. The maximum absolute atomic E-state index is 13.4. The lowest BCUT2D eigenvalue weighted by atomic mass is 9.44. The maximum atomic E-state index is 13.4. The maximum Gasteiger partial charge on any atom is 0.316 e. The molecule has 1 heterocycles. The van der Waals surface area contributed by atoms with Gasteiger partial charge in [-0.1, -0.05) is 33.8 Å². The van der Waals surface area contributed by atoms with Crippen LogP contribution in [0.5, 0.6) is 0 Å². The Labute approximate surface area is 210 Å². The summed E-state index contributed by atoms with van der Waals surface area (Å²) >= 11 is 1.66. The summed E-state index contributed by atoms with van der Waals surface area (Å²) in [4.78, 5) is 26.6. The number of ketones is 1. The average Bonchev–Trinajstić information content (AvgIpc) is 3.18. The molecule has 4 aliphatic rings. The monoisotopic (exact) mass is 491 g/mol. The lowest BCUT2D eigenvalue weighted by Crippen LogP contribution is -2.63. The van der Waals surface area contributed by atoms with Crippen LogP contribution < -0.4 is 5.32 Å². The molecule has 6 heteroatoms. The number of ether oxygens (including phenoxy) is 1. The average molecular weight is 492 g/mol. The SMILES string of the molecule is C=C[C@]1(C)C[C@@H](OC(=O)CSCC2CCCNC2)[C@@]2(C)C3C(=O)CC[C@@]3(CC[C@H]2C)[C@@H](C)[C@@H]1O. The summed E-state index contributed by atoms with van der Waals surface area (Å²) in [6.07, 6.45) is 7.10. The van der Waals surface area contributed by atoms with Crippen molar-refractivity contribution in [2.75, 3.05) is 24.6 Å². The van der Waals surface area contributed by atoms with Gasteiger partial charge in [0.1, 0.15) is 11.9 Å². The topological polar surface area (TPSA) is 75.6 Å². The Hall–Kier alpha value is -0.850. The quantitative estimate of drug-likeness (QED) is 0.417. The van der Waals surface area contributed by atoms with Crippen molar-refractivity contribution in [3.63, 3.8) is 0 Å². The van der Waals surface area contributed by atoms with Crippen molar-refractivity contribution in [2.24, 2.45) is 39.9 Å². The molecule has 1 aliphatic heterocycles.